The molecule has 1 aliphatic carbocycles. The summed E-state index contributed by atoms with van der Waals surface area (Å²) in [5.74, 6) is 1.75. The maximum Gasteiger partial charge on any atom is 0.111 e. The lowest BCUT2D eigenvalue weighted by molar-refractivity contribution is 0.280. The summed E-state index contributed by atoms with van der Waals surface area (Å²) in [5, 5.41) is 3.71. The van der Waals surface area contributed by atoms with Crippen LogP contribution in [0.5, 0.6) is 0 Å². The van der Waals surface area contributed by atoms with Crippen LogP contribution in [-0.4, -0.2) is 22.1 Å². The van der Waals surface area contributed by atoms with Crippen molar-refractivity contribution in [3.8, 4) is 0 Å². The summed E-state index contributed by atoms with van der Waals surface area (Å²) in [5.41, 5.74) is 0. The summed E-state index contributed by atoms with van der Waals surface area (Å²) in [6.45, 7) is 7.76. The van der Waals surface area contributed by atoms with Gasteiger partial charge in [0.2, 0.25) is 0 Å². The Morgan fingerprint density at radius 3 is 2.68 bits per heavy atom. The molecule has 0 amide bonds. The van der Waals surface area contributed by atoms with Gasteiger partial charge in [0.25, 0.3) is 0 Å². The van der Waals surface area contributed by atoms with Gasteiger partial charge in [-0.3, -0.25) is 0 Å². The number of likely N-dealkylation sites (N-methyl/N-ethyl adjacent to an activating group) is 1. The Bertz CT molecular complexity index is 370. The van der Waals surface area contributed by atoms with Crippen LogP contribution in [0, 0.1) is 0 Å². The molecule has 0 aliphatic heterocycles. The number of imidazole rings is 1. The van der Waals surface area contributed by atoms with Gasteiger partial charge in [-0.2, -0.15) is 0 Å². The third-order valence-corrected chi connectivity index (χ3v) is 4.27. The Morgan fingerprint density at radius 2 is 2.00 bits per heavy atom. The SMILES string of the molecule is CCNC1CCCCCCC1n1ccnc1C(C)C. The van der Waals surface area contributed by atoms with Crippen molar-refractivity contribution in [2.24, 2.45) is 0 Å². The van der Waals surface area contributed by atoms with Crippen molar-refractivity contribution in [3.05, 3.63) is 18.2 Å². The smallest absolute Gasteiger partial charge is 0.111 e. The fraction of sp³-hybridized carbons (Fsp3) is 0.812. The summed E-state index contributed by atoms with van der Waals surface area (Å²) >= 11 is 0. The van der Waals surface area contributed by atoms with Crippen LogP contribution >= 0.6 is 0 Å². The zero-order valence-corrected chi connectivity index (χ0v) is 12.7. The molecule has 0 bridgehead atoms. The first-order valence-corrected chi connectivity index (χ1v) is 8.00. The van der Waals surface area contributed by atoms with E-state index in [9.17, 15) is 0 Å². The highest BCUT2D eigenvalue weighted by molar-refractivity contribution is 5.02. The first-order chi connectivity index (χ1) is 9.24. The summed E-state index contributed by atoms with van der Waals surface area (Å²) in [6, 6.07) is 1.19. The Morgan fingerprint density at radius 1 is 1.26 bits per heavy atom. The van der Waals surface area contributed by atoms with Crippen LogP contribution in [0.25, 0.3) is 0 Å². The molecule has 1 heterocycles. The fourth-order valence-corrected chi connectivity index (χ4v) is 3.35. The molecule has 1 fully saturated rings. The van der Waals surface area contributed by atoms with E-state index in [1.807, 2.05) is 6.20 Å². The van der Waals surface area contributed by atoms with Crippen LogP contribution in [-0.2, 0) is 0 Å². The minimum absolute atomic E-state index is 0.503. The van der Waals surface area contributed by atoms with Crippen molar-refractivity contribution in [3.63, 3.8) is 0 Å². The van der Waals surface area contributed by atoms with Crippen molar-refractivity contribution in [2.75, 3.05) is 6.54 Å². The summed E-state index contributed by atoms with van der Waals surface area (Å²) in [7, 11) is 0. The Kier molecular flexibility index (Phi) is 5.44. The maximum atomic E-state index is 4.57. The van der Waals surface area contributed by atoms with Crippen LogP contribution < -0.4 is 5.32 Å². The molecular formula is C16H29N3. The van der Waals surface area contributed by atoms with E-state index >= 15 is 0 Å². The monoisotopic (exact) mass is 263 g/mol. The van der Waals surface area contributed by atoms with Gasteiger partial charge in [-0.25, -0.2) is 4.98 Å². The second-order valence-corrected chi connectivity index (χ2v) is 6.07. The van der Waals surface area contributed by atoms with Crippen molar-refractivity contribution >= 4 is 0 Å². The average Bonchev–Trinajstić information content (AvgIpc) is 2.82. The lowest BCUT2D eigenvalue weighted by Crippen LogP contribution is -2.38. The molecule has 1 saturated carbocycles. The standard InChI is InChI=1S/C16H29N3/c1-4-17-14-9-7-5-6-8-10-15(14)19-12-11-18-16(19)13(2)3/h11-15,17H,4-10H2,1-3H3. The average molecular weight is 263 g/mol. The van der Waals surface area contributed by atoms with E-state index in [2.05, 4.69) is 41.8 Å². The molecule has 1 N–H and O–H groups in total. The molecule has 0 spiro atoms. The second kappa shape index (κ2) is 7.09. The lowest BCUT2D eigenvalue weighted by atomic mass is 9.91. The molecule has 1 aliphatic rings. The van der Waals surface area contributed by atoms with Crippen LogP contribution in [0.4, 0.5) is 0 Å². The normalized spacial score (nSPS) is 25.3. The van der Waals surface area contributed by atoms with E-state index in [1.165, 1.54) is 44.3 Å². The van der Waals surface area contributed by atoms with E-state index < -0.39 is 0 Å². The molecule has 3 nitrogen and oxygen atoms in total. The summed E-state index contributed by atoms with van der Waals surface area (Å²) in [4.78, 5) is 4.57. The maximum absolute atomic E-state index is 4.57. The molecule has 2 atom stereocenters. The molecule has 1 aromatic heterocycles. The van der Waals surface area contributed by atoms with E-state index in [0.717, 1.165) is 6.54 Å². The van der Waals surface area contributed by atoms with Gasteiger partial charge in [0, 0.05) is 24.4 Å². The van der Waals surface area contributed by atoms with Crippen LogP contribution in [0.1, 0.15) is 77.1 Å². The molecule has 0 aromatic carbocycles. The third kappa shape index (κ3) is 3.59. The minimum Gasteiger partial charge on any atom is -0.330 e. The van der Waals surface area contributed by atoms with E-state index in [4.69, 9.17) is 0 Å². The predicted molar refractivity (Wildman–Crippen MR) is 80.5 cm³/mol. The molecular weight excluding hydrogens is 234 g/mol. The molecule has 2 rings (SSSR count). The number of hydrogen-bond donors (Lipinski definition) is 1. The summed E-state index contributed by atoms with van der Waals surface area (Å²) < 4.78 is 2.45. The Balaban J connectivity index is 2.22. The summed E-state index contributed by atoms with van der Waals surface area (Å²) in [6.07, 6.45) is 12.2. The van der Waals surface area contributed by atoms with Crippen molar-refractivity contribution < 1.29 is 0 Å². The van der Waals surface area contributed by atoms with Crippen LogP contribution in [0.15, 0.2) is 12.4 Å². The molecule has 108 valence electrons. The largest absolute Gasteiger partial charge is 0.330 e. The van der Waals surface area contributed by atoms with E-state index in [0.29, 0.717) is 18.0 Å². The van der Waals surface area contributed by atoms with Gasteiger partial charge in [-0.1, -0.05) is 46.5 Å². The van der Waals surface area contributed by atoms with Crippen molar-refractivity contribution in [1.82, 2.24) is 14.9 Å². The zero-order chi connectivity index (χ0) is 13.7. The molecule has 1 aromatic rings. The number of hydrogen-bond acceptors (Lipinski definition) is 2. The number of nitrogens with zero attached hydrogens (tertiary/aromatic N) is 2. The first-order valence-electron chi connectivity index (χ1n) is 8.00. The topological polar surface area (TPSA) is 29.9 Å². The van der Waals surface area contributed by atoms with Gasteiger partial charge in [0.1, 0.15) is 5.82 Å². The third-order valence-electron chi connectivity index (χ3n) is 4.27. The van der Waals surface area contributed by atoms with Crippen LogP contribution in [0.3, 0.4) is 0 Å². The zero-order valence-electron chi connectivity index (χ0n) is 12.7. The van der Waals surface area contributed by atoms with E-state index in [1.54, 1.807) is 0 Å². The Labute approximate surface area is 117 Å². The highest BCUT2D eigenvalue weighted by Crippen LogP contribution is 2.29. The molecule has 19 heavy (non-hydrogen) atoms. The minimum atomic E-state index is 0.503. The molecule has 0 saturated heterocycles. The van der Waals surface area contributed by atoms with E-state index in [-0.39, 0.29) is 0 Å². The fourth-order valence-electron chi connectivity index (χ4n) is 3.35. The first kappa shape index (κ1) is 14.6. The van der Waals surface area contributed by atoms with Gasteiger partial charge in [0.15, 0.2) is 0 Å². The Hall–Kier alpha value is -0.830. The number of nitrogens with one attached hydrogen (secondary N) is 1. The van der Waals surface area contributed by atoms with Gasteiger partial charge < -0.3 is 9.88 Å². The quantitative estimate of drug-likeness (QED) is 0.893. The highest BCUT2D eigenvalue weighted by Gasteiger charge is 2.25. The number of aromatic nitrogens is 2. The highest BCUT2D eigenvalue weighted by atomic mass is 15.1. The lowest BCUT2D eigenvalue weighted by Gasteiger charge is -2.32. The predicted octanol–water partition coefficient (Wildman–Crippen LogP) is 3.88. The molecule has 2 unspecified atom stereocenters. The van der Waals surface area contributed by atoms with Gasteiger partial charge in [-0.05, 0) is 19.4 Å². The van der Waals surface area contributed by atoms with Crippen LogP contribution in [0.2, 0.25) is 0 Å². The van der Waals surface area contributed by atoms with Crippen molar-refractivity contribution in [2.45, 2.75) is 77.3 Å². The van der Waals surface area contributed by atoms with Crippen molar-refractivity contribution in [1.29, 1.82) is 0 Å². The number of rotatable bonds is 4. The molecule has 0 radical (unpaired) electrons. The second-order valence-electron chi connectivity index (χ2n) is 6.07. The van der Waals surface area contributed by atoms with Gasteiger partial charge in [-0.15, -0.1) is 0 Å². The van der Waals surface area contributed by atoms with Gasteiger partial charge >= 0.3 is 0 Å². The van der Waals surface area contributed by atoms with Gasteiger partial charge in [0.05, 0.1) is 6.04 Å². The molecule has 3 heteroatoms.